The molecule has 2 heterocycles. The summed E-state index contributed by atoms with van der Waals surface area (Å²) in [6, 6.07) is 7.60. The van der Waals surface area contributed by atoms with Crippen molar-refractivity contribution in [3.8, 4) is 5.75 Å². The van der Waals surface area contributed by atoms with E-state index in [0.717, 1.165) is 23.2 Å². The van der Waals surface area contributed by atoms with E-state index in [2.05, 4.69) is 35.9 Å². The van der Waals surface area contributed by atoms with Gasteiger partial charge >= 0.3 is 0 Å². The lowest BCUT2D eigenvalue weighted by Gasteiger charge is -2.32. The Balaban J connectivity index is 1.39. The Kier molecular flexibility index (Phi) is 8.54. The van der Waals surface area contributed by atoms with Gasteiger partial charge in [-0.15, -0.1) is 0 Å². The molecule has 1 aromatic heterocycles. The molecule has 1 saturated heterocycles. The molecule has 1 aliphatic rings. The van der Waals surface area contributed by atoms with Gasteiger partial charge in [0.15, 0.2) is 0 Å². The molecule has 1 fully saturated rings. The Bertz CT molecular complexity index is 790. The third-order valence-electron chi connectivity index (χ3n) is 6.59. The maximum absolute atomic E-state index is 9.81. The summed E-state index contributed by atoms with van der Waals surface area (Å²) in [5, 5.41) is 10.9. The average molecular weight is 395 g/mol. The Morgan fingerprint density at radius 2 is 2.00 bits per heavy atom. The lowest BCUT2D eigenvalue weighted by molar-refractivity contribution is 0.179. The number of nitrogens with zero attached hydrogens (tertiary/aromatic N) is 2. The molecule has 1 aliphatic heterocycles. The maximum Gasteiger partial charge on any atom is 0.116 e. The van der Waals surface area contributed by atoms with Crippen LogP contribution in [-0.2, 0) is 6.42 Å². The van der Waals surface area contributed by atoms with Gasteiger partial charge in [0.05, 0.1) is 5.52 Å². The first-order valence-corrected chi connectivity index (χ1v) is 11.6. The van der Waals surface area contributed by atoms with Gasteiger partial charge in [0.1, 0.15) is 5.75 Å². The van der Waals surface area contributed by atoms with Crippen LogP contribution < -0.4 is 0 Å². The molecule has 0 amide bonds. The molecule has 0 radical (unpaired) electrons. The Labute approximate surface area is 176 Å². The number of hydrogen-bond acceptors (Lipinski definition) is 3. The summed E-state index contributed by atoms with van der Waals surface area (Å²) in [4.78, 5) is 7.09. The molecule has 0 atom stereocenters. The van der Waals surface area contributed by atoms with E-state index in [0.29, 0.717) is 5.75 Å². The standard InChI is InChI=1S/C26H38N2O/c1-3-5-7-21(4-2)13-17-28-18-14-22(15-19-28)8-6-9-23-12-16-27-26-11-10-24(29)20-25(23)26/h4,10-12,16,20,22,29H,3,5-9,13-15,17-19H2,1-2H3. The minimum atomic E-state index is 0.329. The van der Waals surface area contributed by atoms with Crippen molar-refractivity contribution in [1.82, 2.24) is 9.88 Å². The van der Waals surface area contributed by atoms with Crippen molar-refractivity contribution >= 4 is 10.9 Å². The van der Waals surface area contributed by atoms with E-state index in [9.17, 15) is 5.11 Å². The number of phenols is 1. The zero-order valence-corrected chi connectivity index (χ0v) is 18.4. The Morgan fingerprint density at radius 3 is 2.76 bits per heavy atom. The van der Waals surface area contributed by atoms with Crippen molar-refractivity contribution in [2.45, 2.75) is 71.6 Å². The highest BCUT2D eigenvalue weighted by Gasteiger charge is 2.19. The fourth-order valence-electron chi connectivity index (χ4n) is 4.61. The van der Waals surface area contributed by atoms with Crippen molar-refractivity contribution in [3.05, 3.63) is 47.7 Å². The highest BCUT2D eigenvalue weighted by molar-refractivity contribution is 5.83. The second-order valence-corrected chi connectivity index (χ2v) is 8.65. The van der Waals surface area contributed by atoms with E-state index in [1.165, 1.54) is 76.6 Å². The first kappa shape index (κ1) is 21.8. The molecule has 0 unspecified atom stereocenters. The third-order valence-corrected chi connectivity index (χ3v) is 6.59. The highest BCUT2D eigenvalue weighted by atomic mass is 16.3. The monoisotopic (exact) mass is 394 g/mol. The molecule has 0 bridgehead atoms. The summed E-state index contributed by atoms with van der Waals surface area (Å²) in [5.41, 5.74) is 3.94. The lowest BCUT2D eigenvalue weighted by atomic mass is 9.90. The first-order valence-electron chi connectivity index (χ1n) is 11.6. The molecule has 1 aromatic carbocycles. The molecule has 29 heavy (non-hydrogen) atoms. The van der Waals surface area contributed by atoms with Crippen LogP contribution in [0.25, 0.3) is 10.9 Å². The average Bonchev–Trinajstić information content (AvgIpc) is 2.75. The minimum absolute atomic E-state index is 0.329. The van der Waals surface area contributed by atoms with Gasteiger partial charge in [-0.25, -0.2) is 0 Å². The van der Waals surface area contributed by atoms with Crippen LogP contribution in [-0.4, -0.2) is 34.6 Å². The quantitative estimate of drug-likeness (QED) is 0.467. The number of pyridine rings is 1. The number of aryl methyl sites for hydroxylation is 1. The molecule has 3 heteroatoms. The molecule has 158 valence electrons. The Hall–Kier alpha value is -1.87. The summed E-state index contributed by atoms with van der Waals surface area (Å²) < 4.78 is 0. The van der Waals surface area contributed by atoms with E-state index >= 15 is 0 Å². The number of piperidine rings is 1. The number of aromatic hydroxyl groups is 1. The van der Waals surface area contributed by atoms with Gasteiger partial charge in [-0.05, 0) is 101 Å². The van der Waals surface area contributed by atoms with Gasteiger partial charge in [-0.2, -0.15) is 0 Å². The van der Waals surface area contributed by atoms with Crippen LogP contribution in [0.1, 0.15) is 70.8 Å². The zero-order valence-electron chi connectivity index (χ0n) is 18.4. The van der Waals surface area contributed by atoms with Gasteiger partial charge in [0.25, 0.3) is 0 Å². The third kappa shape index (κ3) is 6.57. The van der Waals surface area contributed by atoms with Crippen LogP contribution in [0.2, 0.25) is 0 Å². The molecule has 0 saturated carbocycles. The topological polar surface area (TPSA) is 36.4 Å². The van der Waals surface area contributed by atoms with E-state index in [4.69, 9.17) is 0 Å². The molecular formula is C26H38N2O. The van der Waals surface area contributed by atoms with Gasteiger partial charge in [-0.3, -0.25) is 4.98 Å². The smallest absolute Gasteiger partial charge is 0.116 e. The summed E-state index contributed by atoms with van der Waals surface area (Å²) in [5.74, 6) is 1.20. The SMILES string of the molecule is CC=C(CCCC)CCN1CCC(CCCc2ccnc3ccc(O)cc23)CC1. The summed E-state index contributed by atoms with van der Waals surface area (Å²) in [6.45, 7) is 8.25. The lowest BCUT2D eigenvalue weighted by Crippen LogP contribution is -2.34. The number of phenolic OH excluding ortho intramolecular Hbond substituents is 1. The van der Waals surface area contributed by atoms with E-state index in [1.807, 2.05) is 18.3 Å². The van der Waals surface area contributed by atoms with Gasteiger partial charge in [0, 0.05) is 18.1 Å². The first-order chi connectivity index (χ1) is 14.2. The zero-order chi connectivity index (χ0) is 20.5. The normalized spacial score (nSPS) is 16.6. The summed E-state index contributed by atoms with van der Waals surface area (Å²) >= 11 is 0. The van der Waals surface area contributed by atoms with Crippen LogP contribution in [0.3, 0.4) is 0 Å². The van der Waals surface area contributed by atoms with Crippen LogP contribution in [0.4, 0.5) is 0 Å². The number of allylic oxidation sites excluding steroid dienone is 1. The van der Waals surface area contributed by atoms with Crippen LogP contribution >= 0.6 is 0 Å². The number of hydrogen-bond donors (Lipinski definition) is 1. The molecule has 0 spiro atoms. The largest absolute Gasteiger partial charge is 0.508 e. The molecule has 3 nitrogen and oxygen atoms in total. The van der Waals surface area contributed by atoms with Crippen molar-refractivity contribution in [2.24, 2.45) is 5.92 Å². The molecule has 1 N–H and O–H groups in total. The fraction of sp³-hybridized carbons (Fsp3) is 0.577. The van der Waals surface area contributed by atoms with Gasteiger partial charge in [0.2, 0.25) is 0 Å². The van der Waals surface area contributed by atoms with E-state index < -0.39 is 0 Å². The molecular weight excluding hydrogens is 356 g/mol. The predicted molar refractivity (Wildman–Crippen MR) is 123 cm³/mol. The fourth-order valence-corrected chi connectivity index (χ4v) is 4.61. The van der Waals surface area contributed by atoms with E-state index in [-0.39, 0.29) is 0 Å². The predicted octanol–water partition coefficient (Wildman–Crippen LogP) is 6.50. The second-order valence-electron chi connectivity index (χ2n) is 8.65. The summed E-state index contributed by atoms with van der Waals surface area (Å²) in [6.07, 6.45) is 15.7. The van der Waals surface area contributed by atoms with Crippen molar-refractivity contribution in [3.63, 3.8) is 0 Å². The van der Waals surface area contributed by atoms with Crippen molar-refractivity contribution in [1.29, 1.82) is 0 Å². The maximum atomic E-state index is 9.81. The van der Waals surface area contributed by atoms with Crippen molar-refractivity contribution < 1.29 is 5.11 Å². The number of rotatable bonds is 10. The number of unbranched alkanes of at least 4 members (excludes halogenated alkanes) is 1. The molecule has 0 aliphatic carbocycles. The minimum Gasteiger partial charge on any atom is -0.508 e. The number of fused-ring (bicyclic) bond motifs is 1. The second kappa shape index (κ2) is 11.3. The Morgan fingerprint density at radius 1 is 1.17 bits per heavy atom. The number of aromatic nitrogens is 1. The summed E-state index contributed by atoms with van der Waals surface area (Å²) in [7, 11) is 0. The van der Waals surface area contributed by atoms with Gasteiger partial charge in [-0.1, -0.05) is 31.4 Å². The van der Waals surface area contributed by atoms with Crippen LogP contribution in [0.15, 0.2) is 42.1 Å². The number of benzene rings is 1. The number of likely N-dealkylation sites (tertiary alicyclic amines) is 1. The van der Waals surface area contributed by atoms with Crippen LogP contribution in [0, 0.1) is 5.92 Å². The highest BCUT2D eigenvalue weighted by Crippen LogP contribution is 2.26. The van der Waals surface area contributed by atoms with Gasteiger partial charge < -0.3 is 10.0 Å². The molecule has 2 aromatic rings. The van der Waals surface area contributed by atoms with Crippen molar-refractivity contribution in [2.75, 3.05) is 19.6 Å². The van der Waals surface area contributed by atoms with Crippen LogP contribution in [0.5, 0.6) is 5.75 Å². The molecule has 3 rings (SSSR count). The van der Waals surface area contributed by atoms with E-state index in [1.54, 1.807) is 11.6 Å².